The zero-order valence-corrected chi connectivity index (χ0v) is 9.84. The van der Waals surface area contributed by atoms with E-state index in [4.69, 9.17) is 10.6 Å². The monoisotopic (exact) mass is 233 g/mol. The Bertz CT molecular complexity index is 508. The highest BCUT2D eigenvalue weighted by Gasteiger charge is 2.08. The van der Waals surface area contributed by atoms with Gasteiger partial charge in [0.2, 0.25) is 5.95 Å². The molecule has 90 valence electrons. The minimum absolute atomic E-state index is 0.357. The van der Waals surface area contributed by atoms with Crippen molar-refractivity contribution >= 4 is 5.95 Å². The van der Waals surface area contributed by atoms with Crippen LogP contribution < -0.4 is 16.0 Å². The maximum atomic E-state index is 5.67. The molecule has 0 saturated heterocycles. The summed E-state index contributed by atoms with van der Waals surface area (Å²) in [6.07, 6.45) is 0. The van der Waals surface area contributed by atoms with Crippen LogP contribution in [0.25, 0.3) is 0 Å². The van der Waals surface area contributed by atoms with E-state index in [1.165, 1.54) is 0 Å². The van der Waals surface area contributed by atoms with Crippen molar-refractivity contribution in [2.75, 3.05) is 5.43 Å². The first-order valence-corrected chi connectivity index (χ1v) is 5.25. The molecular weight excluding hydrogens is 218 g/mol. The SMILES string of the molecule is Cc1ccccc1OCc1nnc(NN)n1C. The molecule has 3 N–H and O–H groups in total. The number of para-hydroxylation sites is 1. The van der Waals surface area contributed by atoms with Gasteiger partial charge in [-0.25, -0.2) is 5.84 Å². The third-order valence-electron chi connectivity index (χ3n) is 2.54. The molecule has 1 aromatic heterocycles. The van der Waals surface area contributed by atoms with Crippen LogP contribution >= 0.6 is 0 Å². The van der Waals surface area contributed by atoms with Crippen molar-refractivity contribution in [1.29, 1.82) is 0 Å². The fraction of sp³-hybridized carbons (Fsp3) is 0.273. The average Bonchev–Trinajstić information content (AvgIpc) is 2.69. The maximum Gasteiger partial charge on any atom is 0.238 e. The Hall–Kier alpha value is -2.08. The number of nitrogens with one attached hydrogen (secondary N) is 1. The van der Waals surface area contributed by atoms with E-state index in [1.54, 1.807) is 4.57 Å². The van der Waals surface area contributed by atoms with Gasteiger partial charge < -0.3 is 4.74 Å². The Labute approximate surface area is 99.4 Å². The summed E-state index contributed by atoms with van der Waals surface area (Å²) >= 11 is 0. The van der Waals surface area contributed by atoms with Gasteiger partial charge in [0, 0.05) is 7.05 Å². The van der Waals surface area contributed by atoms with Gasteiger partial charge in [-0.2, -0.15) is 0 Å². The first kappa shape index (κ1) is 11.4. The number of anilines is 1. The number of nitrogens with zero attached hydrogens (tertiary/aromatic N) is 3. The van der Waals surface area contributed by atoms with E-state index in [9.17, 15) is 0 Å². The second-order valence-corrected chi connectivity index (χ2v) is 3.70. The molecule has 0 radical (unpaired) electrons. The maximum absolute atomic E-state index is 5.67. The fourth-order valence-corrected chi connectivity index (χ4v) is 1.47. The van der Waals surface area contributed by atoms with Crippen LogP contribution in [0.5, 0.6) is 5.75 Å². The minimum Gasteiger partial charge on any atom is -0.485 e. The smallest absolute Gasteiger partial charge is 0.238 e. The summed E-state index contributed by atoms with van der Waals surface area (Å²) in [6.45, 7) is 2.36. The first-order valence-electron chi connectivity index (χ1n) is 5.25. The van der Waals surface area contributed by atoms with Crippen LogP contribution in [-0.4, -0.2) is 14.8 Å². The number of hydrazine groups is 1. The number of benzene rings is 1. The summed E-state index contributed by atoms with van der Waals surface area (Å²) in [5.41, 5.74) is 3.55. The van der Waals surface area contributed by atoms with E-state index in [2.05, 4.69) is 15.6 Å². The summed E-state index contributed by atoms with van der Waals surface area (Å²) in [5.74, 6) is 7.34. The number of ether oxygens (including phenoxy) is 1. The van der Waals surface area contributed by atoms with Gasteiger partial charge in [0.05, 0.1) is 0 Å². The lowest BCUT2D eigenvalue weighted by Crippen LogP contribution is -2.13. The van der Waals surface area contributed by atoms with Crippen LogP contribution in [-0.2, 0) is 13.7 Å². The molecule has 1 heterocycles. The predicted octanol–water partition coefficient (Wildman–Crippen LogP) is 0.988. The summed E-state index contributed by atoms with van der Waals surface area (Å²) in [5, 5.41) is 7.84. The Kier molecular flexibility index (Phi) is 3.24. The normalized spacial score (nSPS) is 10.3. The molecule has 0 bridgehead atoms. The van der Waals surface area contributed by atoms with Crippen LogP contribution in [0.4, 0.5) is 5.95 Å². The van der Waals surface area contributed by atoms with E-state index in [1.807, 2.05) is 38.2 Å². The highest BCUT2D eigenvalue weighted by molar-refractivity contribution is 5.32. The molecule has 2 aromatic rings. The zero-order valence-electron chi connectivity index (χ0n) is 9.84. The number of aryl methyl sites for hydroxylation is 1. The molecule has 0 aliphatic heterocycles. The second kappa shape index (κ2) is 4.84. The topological polar surface area (TPSA) is 78.0 Å². The third kappa shape index (κ3) is 2.36. The molecule has 0 aliphatic rings. The number of hydrogen-bond acceptors (Lipinski definition) is 5. The lowest BCUT2D eigenvalue weighted by atomic mass is 10.2. The lowest BCUT2D eigenvalue weighted by molar-refractivity contribution is 0.289. The van der Waals surface area contributed by atoms with Gasteiger partial charge in [-0.3, -0.25) is 9.99 Å². The van der Waals surface area contributed by atoms with Crippen molar-refractivity contribution in [3.05, 3.63) is 35.7 Å². The van der Waals surface area contributed by atoms with Crippen molar-refractivity contribution in [3.63, 3.8) is 0 Å². The van der Waals surface area contributed by atoms with Gasteiger partial charge in [0.15, 0.2) is 5.82 Å². The number of hydrogen-bond donors (Lipinski definition) is 2. The Balaban J connectivity index is 2.07. The van der Waals surface area contributed by atoms with Gasteiger partial charge in [-0.15, -0.1) is 10.2 Å². The largest absolute Gasteiger partial charge is 0.485 e. The fourth-order valence-electron chi connectivity index (χ4n) is 1.47. The molecule has 0 spiro atoms. The van der Waals surface area contributed by atoms with E-state index in [-0.39, 0.29) is 0 Å². The summed E-state index contributed by atoms with van der Waals surface area (Å²) in [4.78, 5) is 0. The quantitative estimate of drug-likeness (QED) is 0.608. The standard InChI is InChI=1S/C11H15N5O/c1-8-5-3-4-6-9(8)17-7-10-14-15-11(13-12)16(10)2/h3-6H,7,12H2,1-2H3,(H,13,15). The second-order valence-electron chi connectivity index (χ2n) is 3.70. The number of nitrogens with two attached hydrogens (primary N) is 1. The highest BCUT2D eigenvalue weighted by atomic mass is 16.5. The summed E-state index contributed by atoms with van der Waals surface area (Å²) in [7, 11) is 1.83. The zero-order chi connectivity index (χ0) is 12.3. The summed E-state index contributed by atoms with van der Waals surface area (Å²) in [6, 6.07) is 7.83. The van der Waals surface area contributed by atoms with Crippen molar-refractivity contribution < 1.29 is 4.74 Å². The molecule has 6 nitrogen and oxygen atoms in total. The van der Waals surface area contributed by atoms with Crippen LogP contribution in [0.1, 0.15) is 11.4 Å². The number of rotatable bonds is 4. The van der Waals surface area contributed by atoms with Crippen LogP contribution in [0.3, 0.4) is 0 Å². The summed E-state index contributed by atoms with van der Waals surface area (Å²) < 4.78 is 7.42. The van der Waals surface area contributed by atoms with Crippen molar-refractivity contribution in [2.24, 2.45) is 12.9 Å². The van der Waals surface area contributed by atoms with Crippen LogP contribution in [0.2, 0.25) is 0 Å². The molecule has 0 amide bonds. The molecule has 0 fully saturated rings. The molecule has 0 saturated carbocycles. The molecule has 17 heavy (non-hydrogen) atoms. The predicted molar refractivity (Wildman–Crippen MR) is 64.3 cm³/mol. The van der Waals surface area contributed by atoms with E-state index >= 15 is 0 Å². The van der Waals surface area contributed by atoms with Gasteiger partial charge in [0.25, 0.3) is 0 Å². The third-order valence-corrected chi connectivity index (χ3v) is 2.54. The van der Waals surface area contributed by atoms with Gasteiger partial charge >= 0.3 is 0 Å². The molecule has 6 heteroatoms. The van der Waals surface area contributed by atoms with Crippen molar-refractivity contribution in [2.45, 2.75) is 13.5 Å². The minimum atomic E-state index is 0.357. The van der Waals surface area contributed by atoms with Gasteiger partial charge in [0.1, 0.15) is 12.4 Å². The van der Waals surface area contributed by atoms with E-state index in [0.29, 0.717) is 18.4 Å². The van der Waals surface area contributed by atoms with Crippen LogP contribution in [0, 0.1) is 6.92 Å². The lowest BCUT2D eigenvalue weighted by Gasteiger charge is -2.08. The van der Waals surface area contributed by atoms with Crippen LogP contribution in [0.15, 0.2) is 24.3 Å². The van der Waals surface area contributed by atoms with Crippen molar-refractivity contribution in [3.8, 4) is 5.75 Å². The Morgan fingerprint density at radius 2 is 2.12 bits per heavy atom. The molecule has 1 aromatic carbocycles. The number of aromatic nitrogens is 3. The van der Waals surface area contributed by atoms with Gasteiger partial charge in [-0.1, -0.05) is 18.2 Å². The molecular formula is C11H15N5O. The average molecular weight is 233 g/mol. The molecule has 0 aliphatic carbocycles. The Morgan fingerprint density at radius 1 is 1.35 bits per heavy atom. The Morgan fingerprint density at radius 3 is 2.76 bits per heavy atom. The van der Waals surface area contributed by atoms with Crippen molar-refractivity contribution in [1.82, 2.24) is 14.8 Å². The van der Waals surface area contributed by atoms with E-state index < -0.39 is 0 Å². The molecule has 0 atom stereocenters. The first-order chi connectivity index (χ1) is 8.22. The highest BCUT2D eigenvalue weighted by Crippen LogP contribution is 2.17. The molecule has 0 unspecified atom stereocenters. The molecule has 2 rings (SSSR count). The number of nitrogen functional groups attached to an aromatic ring is 1. The van der Waals surface area contributed by atoms with E-state index in [0.717, 1.165) is 11.3 Å². The van der Waals surface area contributed by atoms with Gasteiger partial charge in [-0.05, 0) is 18.6 Å².